The molecule has 0 aliphatic carbocycles. The summed E-state index contributed by atoms with van der Waals surface area (Å²) in [7, 11) is 0. The number of thiazole rings is 5. The zero-order chi connectivity index (χ0) is 91.1. The molecule has 5 aromatic carbocycles. The first-order valence-corrected chi connectivity index (χ1v) is 44.4. The van der Waals surface area contributed by atoms with Gasteiger partial charge in [-0.15, -0.1) is 51.0 Å². The van der Waals surface area contributed by atoms with E-state index in [0.29, 0.717) is 62.1 Å². The highest BCUT2D eigenvalue weighted by Gasteiger charge is 2.24. The van der Waals surface area contributed by atoms with Crippen LogP contribution in [0.5, 0.6) is 0 Å². The number of aromatic nitrogens is 20. The van der Waals surface area contributed by atoms with Crippen LogP contribution < -0.4 is 26.6 Å². The topological polar surface area (TPSA) is 280 Å². The fourth-order valence-electron chi connectivity index (χ4n) is 13.6. The van der Waals surface area contributed by atoms with Gasteiger partial charge in [-0.25, -0.2) is 64.9 Å². The molecule has 26 nitrogen and oxygen atoms in total. The lowest BCUT2D eigenvalue weighted by Crippen LogP contribution is -2.08. The van der Waals surface area contributed by atoms with Crippen molar-refractivity contribution < 1.29 is 35.1 Å². The highest BCUT2D eigenvalue weighted by Crippen LogP contribution is 2.43. The number of benzene rings is 5. The quantitative estimate of drug-likeness (QED) is 0.0350. The highest BCUT2D eigenvalue weighted by atomic mass is 32.1. The van der Waals surface area contributed by atoms with Crippen molar-refractivity contribution in [1.29, 1.82) is 0 Å². The second kappa shape index (κ2) is 38.9. The van der Waals surface area contributed by atoms with Crippen molar-refractivity contribution in [3.05, 3.63) is 279 Å². The largest absolute Gasteiger partial charge is 0.359 e. The molecule has 0 aliphatic heterocycles. The minimum absolute atomic E-state index is 0.148. The molecule has 0 fully saturated rings. The maximum atomic E-state index is 14.4. The molecule has 15 aromatic heterocycles. The molecule has 0 saturated carbocycles. The standard InChI is InChI=1S/C19H16N6S.4C18H15F2N5S/c1-12(2)23-19-21-9-17(26-19)13-8-15(18-24-22-11-25(18)10-13)14-6-4-5-7-16(14)20-3;1-10(2)23-18-21-7-16(26-18)11-5-14(17-24-22-9-25(17)8-11)13-6-12(19)3-4-15(13)20;1-10(2)23-18-21-7-16(26-18)11-5-14(17-24-22-9-25(17)8-11)13-4-3-12(19)6-15(13)20;1-10(2)23-18-21-7-16(26-18)12-5-13(17-24-22-9-25(17)8-12)11-3-4-14(19)15(20)6-11;1-10(2)23-18-21-7-15(26-18)11-6-13(17-24-22-9-25(17)8-11)12-4-3-5-14(19)16(12)20/h4-12H,1-2H3,(H,21,23);4*3-10H,1-2H3,(H,21,23). The number of para-hydroxylation sites is 1. The van der Waals surface area contributed by atoms with E-state index >= 15 is 0 Å². The minimum Gasteiger partial charge on any atom is -0.359 e. The monoisotopic (exact) mass is 1840 g/mol. The minimum atomic E-state index is -0.902. The molecule has 0 atom stereocenters. The normalized spacial score (nSPS) is 11.3. The van der Waals surface area contributed by atoms with E-state index in [0.717, 1.165) is 125 Å². The summed E-state index contributed by atoms with van der Waals surface area (Å²) in [5.74, 6) is -5.86. The van der Waals surface area contributed by atoms with Crippen LogP contribution in [0.3, 0.4) is 0 Å². The van der Waals surface area contributed by atoms with Gasteiger partial charge in [0.25, 0.3) is 0 Å². The van der Waals surface area contributed by atoms with Gasteiger partial charge in [0, 0.05) is 171 Å². The number of halogens is 8. The van der Waals surface area contributed by atoms with Crippen molar-refractivity contribution in [2.75, 3.05) is 26.6 Å². The average molecular weight is 1850 g/mol. The summed E-state index contributed by atoms with van der Waals surface area (Å²) in [6.45, 7) is 28.0. The molecule has 20 aromatic rings. The van der Waals surface area contributed by atoms with Crippen molar-refractivity contribution >= 4 is 116 Å². The molecule has 39 heteroatoms. The number of rotatable bonds is 20. The second-order valence-corrected chi connectivity index (χ2v) is 35.9. The van der Waals surface area contributed by atoms with Crippen LogP contribution in [0.4, 0.5) is 66.5 Å². The van der Waals surface area contributed by atoms with E-state index in [-0.39, 0.29) is 40.9 Å². The van der Waals surface area contributed by atoms with Crippen LogP contribution in [0.1, 0.15) is 69.2 Å². The summed E-state index contributed by atoms with van der Waals surface area (Å²) in [6, 6.07) is 33.1. The van der Waals surface area contributed by atoms with Crippen LogP contribution in [0.15, 0.2) is 221 Å². The van der Waals surface area contributed by atoms with Crippen molar-refractivity contribution in [3.8, 4) is 108 Å². The molecule has 20 rings (SSSR count). The van der Waals surface area contributed by atoms with Crippen molar-refractivity contribution in [2.24, 2.45) is 0 Å². The zero-order valence-corrected chi connectivity index (χ0v) is 74.7. The Morgan fingerprint density at radius 3 is 0.992 bits per heavy atom. The third-order valence-electron chi connectivity index (χ3n) is 19.2. The van der Waals surface area contributed by atoms with Crippen LogP contribution in [0.2, 0.25) is 0 Å². The Kier molecular flexibility index (Phi) is 26.5. The Labute approximate surface area is 757 Å². The fourth-order valence-corrected chi connectivity index (χ4v) is 18.3. The summed E-state index contributed by atoms with van der Waals surface area (Å²) < 4.78 is 119. The summed E-state index contributed by atoms with van der Waals surface area (Å²) in [5.41, 5.74) is 12.8. The molecule has 0 bridgehead atoms. The van der Waals surface area contributed by atoms with Gasteiger partial charge in [-0.05, 0) is 159 Å². The van der Waals surface area contributed by atoms with Gasteiger partial charge in [0.1, 0.15) is 54.9 Å². The van der Waals surface area contributed by atoms with E-state index < -0.39 is 46.5 Å². The lowest BCUT2D eigenvalue weighted by atomic mass is 10.0. The van der Waals surface area contributed by atoms with E-state index in [1.807, 2.05) is 133 Å². The van der Waals surface area contributed by atoms with Crippen LogP contribution in [0.25, 0.3) is 141 Å². The van der Waals surface area contributed by atoms with Crippen molar-refractivity contribution in [1.82, 2.24) is 97.9 Å². The Bertz CT molecular complexity index is 7370. The molecule has 0 aliphatic rings. The Morgan fingerprint density at radius 2 is 0.615 bits per heavy atom. The number of nitrogens with one attached hydrogen (secondary N) is 5. The van der Waals surface area contributed by atoms with Crippen molar-refractivity contribution in [3.63, 3.8) is 0 Å². The molecular formula is C91H76F8N26S5. The summed E-state index contributed by atoms with van der Waals surface area (Å²) in [6.07, 6.45) is 26.3. The molecular weight excluding hydrogens is 1770 g/mol. The Morgan fingerprint density at radius 1 is 0.285 bits per heavy atom. The maximum absolute atomic E-state index is 14.4. The number of pyridine rings is 5. The van der Waals surface area contributed by atoms with Gasteiger partial charge in [-0.3, -0.25) is 22.0 Å². The third kappa shape index (κ3) is 20.1. The van der Waals surface area contributed by atoms with Gasteiger partial charge in [0.2, 0.25) is 0 Å². The number of hydrogen-bond acceptors (Lipinski definition) is 25. The lowest BCUT2D eigenvalue weighted by molar-refractivity contribution is 0.509. The first-order valence-electron chi connectivity index (χ1n) is 40.3. The third-order valence-corrected chi connectivity index (χ3v) is 24.1. The average Bonchev–Trinajstić information content (AvgIpc) is 1.36. The fraction of sp³-hybridized carbons (Fsp3) is 0.165. The number of anilines is 5. The van der Waals surface area contributed by atoms with Gasteiger partial charge < -0.3 is 26.6 Å². The van der Waals surface area contributed by atoms with Gasteiger partial charge in [0.15, 0.2) is 82.8 Å². The van der Waals surface area contributed by atoms with Gasteiger partial charge in [-0.2, -0.15) is 0 Å². The molecule has 656 valence electrons. The van der Waals surface area contributed by atoms with E-state index in [1.165, 1.54) is 100 Å². The first-order chi connectivity index (χ1) is 62.7. The number of fused-ring (bicyclic) bond motifs is 5. The molecule has 15 heterocycles. The predicted molar refractivity (Wildman–Crippen MR) is 497 cm³/mol. The summed E-state index contributed by atoms with van der Waals surface area (Å²) in [4.78, 5) is 30.3. The molecule has 130 heavy (non-hydrogen) atoms. The van der Waals surface area contributed by atoms with Gasteiger partial charge in [0.05, 0.1) is 31.0 Å². The molecule has 0 spiro atoms. The molecule has 0 radical (unpaired) electrons. The summed E-state index contributed by atoms with van der Waals surface area (Å²) >= 11 is 7.62. The smallest absolute Gasteiger partial charge is 0.195 e. The van der Waals surface area contributed by atoms with E-state index in [1.54, 1.807) is 84.8 Å². The van der Waals surface area contributed by atoms with Crippen LogP contribution in [-0.4, -0.2) is 128 Å². The van der Waals surface area contributed by atoms with E-state index in [2.05, 4.69) is 127 Å². The van der Waals surface area contributed by atoms with E-state index in [9.17, 15) is 35.1 Å². The molecule has 0 amide bonds. The lowest BCUT2D eigenvalue weighted by Gasteiger charge is -2.08. The first kappa shape index (κ1) is 88.7. The molecule has 0 unspecified atom stereocenters. The Hall–Kier alpha value is -14.7. The predicted octanol–water partition coefficient (Wildman–Crippen LogP) is 23.4. The van der Waals surface area contributed by atoms with Crippen LogP contribution in [0, 0.1) is 53.1 Å². The number of nitrogens with zero attached hydrogens (tertiary/aromatic N) is 21. The Balaban J connectivity index is 0.000000119. The summed E-state index contributed by atoms with van der Waals surface area (Å²) in [5, 5.41) is 60.6. The van der Waals surface area contributed by atoms with Crippen molar-refractivity contribution in [2.45, 2.75) is 99.4 Å². The molecule has 5 N–H and O–H groups in total. The van der Waals surface area contributed by atoms with Crippen LogP contribution in [-0.2, 0) is 0 Å². The van der Waals surface area contributed by atoms with E-state index in [4.69, 9.17) is 6.57 Å². The van der Waals surface area contributed by atoms with Gasteiger partial charge >= 0.3 is 0 Å². The maximum Gasteiger partial charge on any atom is 0.195 e. The second-order valence-electron chi connectivity index (χ2n) is 30.8. The highest BCUT2D eigenvalue weighted by molar-refractivity contribution is 7.20. The number of hydrogen-bond donors (Lipinski definition) is 5. The van der Waals surface area contributed by atoms with Gasteiger partial charge in [-0.1, -0.05) is 99.1 Å². The molecule has 0 saturated heterocycles. The van der Waals surface area contributed by atoms with Crippen LogP contribution >= 0.6 is 56.7 Å². The zero-order valence-electron chi connectivity index (χ0n) is 70.6. The SMILES string of the molecule is CC(C)Nc1ncc(-c2cc(-c3cc(F)ccc3F)c3nncn3c2)s1.CC(C)Nc1ncc(-c2cc(-c3ccc(F)c(F)c3)c3nncn3c2)s1.CC(C)Nc1ncc(-c2cc(-c3ccc(F)cc3F)c3nncn3c2)s1.CC(C)Nc1ncc(-c2cc(-c3cccc(F)c3F)c3nncn3c2)s1.[C-]#[N+]c1ccccc1-c1cc(-c2cnc(NC(C)C)s2)cn2cnnc12.